The Bertz CT molecular complexity index is 542. The number of sulfonamides is 1. The SMILES string of the molecule is CCNCc1ccc(S(=O)(=O)NC2CCCCC2SC)s1. The number of thioether (sulfide) groups is 1. The molecule has 7 heteroatoms. The van der Waals surface area contributed by atoms with Gasteiger partial charge in [0.05, 0.1) is 0 Å². The van der Waals surface area contributed by atoms with E-state index in [1.807, 2.05) is 13.0 Å². The van der Waals surface area contributed by atoms with Crippen LogP contribution < -0.4 is 10.0 Å². The highest BCUT2D eigenvalue weighted by atomic mass is 32.2. The molecular formula is C14H24N2O2S3. The van der Waals surface area contributed by atoms with Crippen molar-refractivity contribution in [2.45, 2.75) is 54.7 Å². The fourth-order valence-corrected chi connectivity index (χ4v) is 6.29. The minimum atomic E-state index is -3.38. The van der Waals surface area contributed by atoms with Crippen molar-refractivity contribution in [3.05, 3.63) is 17.0 Å². The van der Waals surface area contributed by atoms with Crippen molar-refractivity contribution in [3.63, 3.8) is 0 Å². The molecule has 0 radical (unpaired) electrons. The molecule has 21 heavy (non-hydrogen) atoms. The van der Waals surface area contributed by atoms with Gasteiger partial charge in [0.15, 0.2) is 0 Å². The minimum absolute atomic E-state index is 0.0677. The second-order valence-corrected chi connectivity index (χ2v) is 9.47. The summed E-state index contributed by atoms with van der Waals surface area (Å²) in [4.78, 5) is 1.06. The molecule has 1 aromatic heterocycles. The molecule has 2 unspecified atom stereocenters. The number of hydrogen-bond acceptors (Lipinski definition) is 5. The molecule has 0 aliphatic heterocycles. The molecule has 0 spiro atoms. The monoisotopic (exact) mass is 348 g/mol. The van der Waals surface area contributed by atoms with Crippen LogP contribution in [0.3, 0.4) is 0 Å². The van der Waals surface area contributed by atoms with Crippen LogP contribution in [0.25, 0.3) is 0 Å². The summed E-state index contributed by atoms with van der Waals surface area (Å²) in [5, 5.41) is 3.62. The average molecular weight is 349 g/mol. The maximum absolute atomic E-state index is 12.5. The van der Waals surface area contributed by atoms with Crippen molar-refractivity contribution in [2.75, 3.05) is 12.8 Å². The molecule has 0 saturated heterocycles. The number of thiophene rings is 1. The predicted molar refractivity (Wildman–Crippen MR) is 91.6 cm³/mol. The molecule has 0 bridgehead atoms. The summed E-state index contributed by atoms with van der Waals surface area (Å²) in [6.45, 7) is 3.65. The summed E-state index contributed by atoms with van der Waals surface area (Å²) in [7, 11) is -3.38. The van der Waals surface area contributed by atoms with E-state index >= 15 is 0 Å². The van der Waals surface area contributed by atoms with Gasteiger partial charge in [0, 0.05) is 22.7 Å². The van der Waals surface area contributed by atoms with E-state index in [1.54, 1.807) is 17.8 Å². The van der Waals surface area contributed by atoms with Crippen LogP contribution in [0.4, 0.5) is 0 Å². The molecule has 120 valence electrons. The first-order chi connectivity index (χ1) is 10.1. The lowest BCUT2D eigenvalue weighted by molar-refractivity contribution is 0.423. The van der Waals surface area contributed by atoms with E-state index in [-0.39, 0.29) is 6.04 Å². The molecule has 1 aliphatic carbocycles. The highest BCUT2D eigenvalue weighted by Gasteiger charge is 2.29. The van der Waals surface area contributed by atoms with Crippen molar-refractivity contribution in [1.82, 2.24) is 10.0 Å². The van der Waals surface area contributed by atoms with Crippen LogP contribution in [0.5, 0.6) is 0 Å². The van der Waals surface area contributed by atoms with E-state index in [9.17, 15) is 8.42 Å². The first-order valence-corrected chi connectivity index (χ1v) is 11.0. The molecule has 1 aromatic rings. The van der Waals surface area contributed by atoms with E-state index in [0.717, 1.165) is 37.2 Å². The van der Waals surface area contributed by atoms with E-state index < -0.39 is 10.0 Å². The van der Waals surface area contributed by atoms with Crippen LogP contribution in [0.1, 0.15) is 37.5 Å². The van der Waals surface area contributed by atoms with Crippen LogP contribution in [-0.4, -0.2) is 32.5 Å². The van der Waals surface area contributed by atoms with Crippen LogP contribution in [0.2, 0.25) is 0 Å². The molecule has 2 rings (SSSR count). The molecule has 1 fully saturated rings. The summed E-state index contributed by atoms with van der Waals surface area (Å²) >= 11 is 3.13. The standard InChI is InChI=1S/C14H24N2O2S3/c1-3-15-10-11-8-9-14(20-11)21(17,18)16-12-6-4-5-7-13(12)19-2/h8-9,12-13,15-16H,3-7,10H2,1-2H3. The van der Waals surface area contributed by atoms with E-state index in [1.165, 1.54) is 17.8 Å². The normalized spacial score (nSPS) is 23.3. The van der Waals surface area contributed by atoms with Gasteiger partial charge in [0.25, 0.3) is 0 Å². The fraction of sp³-hybridized carbons (Fsp3) is 0.714. The molecule has 2 atom stereocenters. The van der Waals surface area contributed by atoms with Crippen molar-refractivity contribution >= 4 is 33.1 Å². The Morgan fingerprint density at radius 2 is 2.10 bits per heavy atom. The summed E-state index contributed by atoms with van der Waals surface area (Å²) < 4.78 is 28.4. The highest BCUT2D eigenvalue weighted by molar-refractivity contribution is 7.99. The molecule has 1 heterocycles. The van der Waals surface area contributed by atoms with Crippen LogP contribution in [-0.2, 0) is 16.6 Å². The van der Waals surface area contributed by atoms with Gasteiger partial charge in [-0.05, 0) is 37.8 Å². The molecule has 1 saturated carbocycles. The Balaban J connectivity index is 2.05. The van der Waals surface area contributed by atoms with Gasteiger partial charge in [-0.1, -0.05) is 19.8 Å². The fourth-order valence-electron chi connectivity index (χ4n) is 2.62. The van der Waals surface area contributed by atoms with Crippen molar-refractivity contribution in [1.29, 1.82) is 0 Å². The van der Waals surface area contributed by atoms with Gasteiger partial charge >= 0.3 is 0 Å². The van der Waals surface area contributed by atoms with E-state index in [2.05, 4.69) is 16.3 Å². The zero-order valence-electron chi connectivity index (χ0n) is 12.6. The zero-order chi connectivity index (χ0) is 15.3. The third kappa shape index (κ3) is 4.69. The van der Waals surface area contributed by atoms with Crippen molar-refractivity contribution < 1.29 is 8.42 Å². The van der Waals surface area contributed by atoms with Crippen molar-refractivity contribution in [3.8, 4) is 0 Å². The second-order valence-electron chi connectivity index (χ2n) is 5.29. The summed E-state index contributed by atoms with van der Waals surface area (Å²) in [6, 6.07) is 3.68. The third-order valence-electron chi connectivity index (χ3n) is 3.76. The number of rotatable bonds is 7. The maximum Gasteiger partial charge on any atom is 0.250 e. The van der Waals surface area contributed by atoms with Gasteiger partial charge in [0.1, 0.15) is 4.21 Å². The molecular weight excluding hydrogens is 324 g/mol. The largest absolute Gasteiger partial charge is 0.312 e. The predicted octanol–water partition coefficient (Wildman–Crippen LogP) is 2.81. The van der Waals surface area contributed by atoms with Crippen LogP contribution >= 0.6 is 23.1 Å². The lowest BCUT2D eigenvalue weighted by atomic mass is 9.96. The summed E-state index contributed by atoms with van der Waals surface area (Å²) in [5.74, 6) is 0. The molecule has 2 N–H and O–H groups in total. The quantitative estimate of drug-likeness (QED) is 0.795. The number of nitrogens with one attached hydrogen (secondary N) is 2. The van der Waals surface area contributed by atoms with E-state index in [0.29, 0.717) is 9.46 Å². The third-order valence-corrected chi connectivity index (χ3v) is 8.00. The molecule has 4 nitrogen and oxygen atoms in total. The first kappa shape index (κ1) is 17.3. The van der Waals surface area contributed by atoms with Gasteiger partial charge in [0.2, 0.25) is 10.0 Å². The van der Waals surface area contributed by atoms with Crippen molar-refractivity contribution in [2.24, 2.45) is 0 Å². The second kappa shape index (κ2) is 7.97. The van der Waals surface area contributed by atoms with Crippen LogP contribution in [0, 0.1) is 0 Å². The van der Waals surface area contributed by atoms with Gasteiger partial charge in [-0.3, -0.25) is 0 Å². The molecule has 0 amide bonds. The Morgan fingerprint density at radius 3 is 2.81 bits per heavy atom. The topological polar surface area (TPSA) is 58.2 Å². The molecule has 0 aromatic carbocycles. The Labute approximate surface area is 136 Å². The lowest BCUT2D eigenvalue weighted by Crippen LogP contribution is -2.43. The van der Waals surface area contributed by atoms with Gasteiger partial charge < -0.3 is 5.32 Å². The average Bonchev–Trinajstić information content (AvgIpc) is 2.95. The van der Waals surface area contributed by atoms with Gasteiger partial charge in [-0.15, -0.1) is 11.3 Å². The maximum atomic E-state index is 12.5. The zero-order valence-corrected chi connectivity index (χ0v) is 15.0. The summed E-state index contributed by atoms with van der Waals surface area (Å²) in [5.41, 5.74) is 0. The first-order valence-electron chi connectivity index (χ1n) is 7.41. The van der Waals surface area contributed by atoms with Gasteiger partial charge in [-0.25, -0.2) is 13.1 Å². The van der Waals surface area contributed by atoms with Gasteiger partial charge in [-0.2, -0.15) is 11.8 Å². The van der Waals surface area contributed by atoms with E-state index in [4.69, 9.17) is 0 Å². The Hall–Kier alpha value is -0.0800. The lowest BCUT2D eigenvalue weighted by Gasteiger charge is -2.30. The summed E-state index contributed by atoms with van der Waals surface area (Å²) in [6.07, 6.45) is 6.43. The minimum Gasteiger partial charge on any atom is -0.312 e. The Morgan fingerprint density at radius 1 is 1.33 bits per heavy atom. The highest BCUT2D eigenvalue weighted by Crippen LogP contribution is 2.29. The molecule has 1 aliphatic rings. The van der Waals surface area contributed by atoms with Crippen LogP contribution in [0.15, 0.2) is 16.3 Å². The number of hydrogen-bond donors (Lipinski definition) is 2. The smallest absolute Gasteiger partial charge is 0.250 e. The Kier molecular flexibility index (Phi) is 6.55.